The van der Waals surface area contributed by atoms with Gasteiger partial charge in [-0.1, -0.05) is 18.2 Å². The lowest BCUT2D eigenvalue weighted by Crippen LogP contribution is -2.35. The molecule has 0 saturated carbocycles. The van der Waals surface area contributed by atoms with Crippen LogP contribution in [0.1, 0.15) is 5.56 Å². The van der Waals surface area contributed by atoms with Crippen LogP contribution in [0.25, 0.3) is 0 Å². The molecule has 0 saturated heterocycles. The molecule has 1 aliphatic heterocycles. The van der Waals surface area contributed by atoms with Crippen molar-refractivity contribution in [2.75, 3.05) is 11.9 Å². The average Bonchev–Trinajstić information content (AvgIpc) is 2.79. The minimum atomic E-state index is -3.69. The third kappa shape index (κ3) is 2.57. The molecule has 0 fully saturated rings. The number of carbonyl (C=O) groups is 1. The van der Waals surface area contributed by atoms with Gasteiger partial charge < -0.3 is 9.88 Å². The number of sulfonamides is 1. The summed E-state index contributed by atoms with van der Waals surface area (Å²) in [7, 11) is -1.94. The Labute approximate surface area is 123 Å². The van der Waals surface area contributed by atoms with E-state index in [-0.39, 0.29) is 23.9 Å². The van der Waals surface area contributed by atoms with Crippen molar-refractivity contribution in [3.63, 3.8) is 0 Å². The highest BCUT2D eigenvalue weighted by atomic mass is 32.2. The maximum absolute atomic E-state index is 12.6. The van der Waals surface area contributed by atoms with Gasteiger partial charge in [-0.2, -0.15) is 4.31 Å². The number of hydrogen-bond acceptors (Lipinski definition) is 3. The smallest absolute Gasteiger partial charge is 0.245 e. The zero-order valence-electron chi connectivity index (χ0n) is 11.5. The normalized spacial score (nSPS) is 16.1. The van der Waals surface area contributed by atoms with Crippen molar-refractivity contribution < 1.29 is 13.2 Å². The molecule has 3 rings (SSSR count). The maximum atomic E-state index is 12.6. The van der Waals surface area contributed by atoms with E-state index < -0.39 is 10.0 Å². The van der Waals surface area contributed by atoms with Crippen molar-refractivity contribution in [2.24, 2.45) is 7.05 Å². The molecule has 6 nitrogen and oxygen atoms in total. The predicted octanol–water partition coefficient (Wildman–Crippen LogP) is 1.17. The first kappa shape index (κ1) is 13.8. The molecule has 1 aliphatic rings. The van der Waals surface area contributed by atoms with Gasteiger partial charge in [-0.15, -0.1) is 0 Å². The zero-order chi connectivity index (χ0) is 15.0. The van der Waals surface area contributed by atoms with E-state index in [0.717, 1.165) is 5.56 Å². The van der Waals surface area contributed by atoms with Crippen LogP contribution >= 0.6 is 0 Å². The fraction of sp³-hybridized carbons (Fsp3) is 0.214. The number of hydrogen-bond donors (Lipinski definition) is 1. The number of fused-ring (bicyclic) bond motifs is 1. The van der Waals surface area contributed by atoms with Gasteiger partial charge in [0.15, 0.2) is 0 Å². The molecule has 0 atom stereocenters. The summed E-state index contributed by atoms with van der Waals surface area (Å²) < 4.78 is 28.1. The van der Waals surface area contributed by atoms with Gasteiger partial charge in [-0.05, 0) is 17.7 Å². The maximum Gasteiger partial charge on any atom is 0.245 e. The van der Waals surface area contributed by atoms with E-state index in [0.29, 0.717) is 5.69 Å². The summed E-state index contributed by atoms with van der Waals surface area (Å²) in [6, 6.07) is 8.74. The third-order valence-electron chi connectivity index (χ3n) is 3.40. The molecular weight excluding hydrogens is 290 g/mol. The van der Waals surface area contributed by atoms with E-state index in [2.05, 4.69) is 5.32 Å². The summed E-state index contributed by atoms with van der Waals surface area (Å²) in [6.45, 7) is -0.0158. The summed E-state index contributed by atoms with van der Waals surface area (Å²) in [5.41, 5.74) is 1.44. The third-order valence-corrected chi connectivity index (χ3v) is 5.18. The van der Waals surface area contributed by atoms with Crippen LogP contribution in [0.2, 0.25) is 0 Å². The highest BCUT2D eigenvalue weighted by Gasteiger charge is 2.30. The second-order valence-corrected chi connectivity index (χ2v) is 6.93. The summed E-state index contributed by atoms with van der Waals surface area (Å²) >= 11 is 0. The number of amides is 1. The van der Waals surface area contributed by atoms with Crippen molar-refractivity contribution in [3.8, 4) is 0 Å². The monoisotopic (exact) mass is 305 g/mol. The molecule has 1 amide bonds. The number of anilines is 1. The second-order valence-electron chi connectivity index (χ2n) is 4.99. The molecule has 21 heavy (non-hydrogen) atoms. The molecule has 1 N–H and O–H groups in total. The molecule has 2 aromatic rings. The molecule has 0 spiro atoms. The van der Waals surface area contributed by atoms with E-state index in [9.17, 15) is 13.2 Å². The van der Waals surface area contributed by atoms with Crippen LogP contribution in [-0.2, 0) is 28.4 Å². The molecule has 0 aliphatic carbocycles. The molecule has 2 heterocycles. The number of aromatic nitrogens is 1. The topological polar surface area (TPSA) is 71.4 Å². The largest absolute Gasteiger partial charge is 0.356 e. The van der Waals surface area contributed by atoms with Crippen molar-refractivity contribution in [1.82, 2.24) is 8.87 Å². The van der Waals surface area contributed by atoms with Crippen LogP contribution < -0.4 is 5.32 Å². The first-order valence-electron chi connectivity index (χ1n) is 6.47. The SMILES string of the molecule is Cn1ccc(S(=O)(=O)N2CC(=O)Nc3ccccc3C2)c1. The molecule has 0 radical (unpaired) electrons. The van der Waals surface area contributed by atoms with Gasteiger partial charge >= 0.3 is 0 Å². The number of para-hydroxylation sites is 1. The number of carbonyl (C=O) groups excluding carboxylic acids is 1. The molecular formula is C14H15N3O3S. The van der Waals surface area contributed by atoms with E-state index >= 15 is 0 Å². The Kier molecular flexibility index (Phi) is 3.30. The minimum Gasteiger partial charge on any atom is -0.356 e. The fourth-order valence-electron chi connectivity index (χ4n) is 2.33. The standard InChI is InChI=1S/C14H15N3O3S/c1-16-7-6-12(9-16)21(19,20)17-8-11-4-2-3-5-13(11)15-14(18)10-17/h2-7,9H,8,10H2,1H3,(H,15,18). The number of aryl methyl sites for hydroxylation is 1. The van der Waals surface area contributed by atoms with Gasteiger partial charge in [0.25, 0.3) is 0 Å². The first-order chi connectivity index (χ1) is 9.96. The van der Waals surface area contributed by atoms with Crippen LogP contribution in [0.15, 0.2) is 47.6 Å². The zero-order valence-corrected chi connectivity index (χ0v) is 12.3. The van der Waals surface area contributed by atoms with E-state index in [1.54, 1.807) is 29.9 Å². The lowest BCUT2D eigenvalue weighted by Gasteiger charge is -2.18. The summed E-state index contributed by atoms with van der Waals surface area (Å²) in [6.07, 6.45) is 3.20. The van der Waals surface area contributed by atoms with Crippen LogP contribution in [0.4, 0.5) is 5.69 Å². The molecule has 1 aromatic carbocycles. The summed E-state index contributed by atoms with van der Waals surface area (Å²) in [4.78, 5) is 12.1. The highest BCUT2D eigenvalue weighted by Crippen LogP contribution is 2.25. The fourth-order valence-corrected chi connectivity index (χ4v) is 3.75. The number of benzene rings is 1. The van der Waals surface area contributed by atoms with Gasteiger partial charge in [0, 0.05) is 31.7 Å². The van der Waals surface area contributed by atoms with Crippen molar-refractivity contribution in [2.45, 2.75) is 11.4 Å². The molecule has 1 aromatic heterocycles. The van der Waals surface area contributed by atoms with Crippen LogP contribution in [0.3, 0.4) is 0 Å². The first-order valence-corrected chi connectivity index (χ1v) is 7.91. The van der Waals surface area contributed by atoms with E-state index in [4.69, 9.17) is 0 Å². The lowest BCUT2D eigenvalue weighted by molar-refractivity contribution is -0.116. The van der Waals surface area contributed by atoms with Gasteiger partial charge in [0.1, 0.15) is 0 Å². The van der Waals surface area contributed by atoms with Crippen LogP contribution in [0.5, 0.6) is 0 Å². The molecule has 7 heteroatoms. The van der Waals surface area contributed by atoms with Gasteiger partial charge in [0.05, 0.1) is 11.4 Å². The quantitative estimate of drug-likeness (QED) is 0.905. The Morgan fingerprint density at radius 1 is 1.14 bits per heavy atom. The second kappa shape index (κ2) is 5.01. The molecule has 0 unspecified atom stereocenters. The number of nitrogens with zero attached hydrogens (tertiary/aromatic N) is 2. The Hall–Kier alpha value is -2.12. The molecule has 110 valence electrons. The van der Waals surface area contributed by atoms with Gasteiger partial charge in [-0.3, -0.25) is 4.79 Å². The van der Waals surface area contributed by atoms with Gasteiger partial charge in [0.2, 0.25) is 15.9 Å². The average molecular weight is 305 g/mol. The Morgan fingerprint density at radius 2 is 1.90 bits per heavy atom. The van der Waals surface area contributed by atoms with Crippen LogP contribution in [0, 0.1) is 0 Å². The van der Waals surface area contributed by atoms with E-state index in [1.807, 2.05) is 12.1 Å². The lowest BCUT2D eigenvalue weighted by atomic mass is 10.2. The predicted molar refractivity (Wildman–Crippen MR) is 78.1 cm³/mol. The van der Waals surface area contributed by atoms with Crippen molar-refractivity contribution in [3.05, 3.63) is 48.3 Å². The van der Waals surface area contributed by atoms with Crippen molar-refractivity contribution in [1.29, 1.82) is 0 Å². The number of nitrogens with one attached hydrogen (secondary N) is 1. The number of rotatable bonds is 2. The highest BCUT2D eigenvalue weighted by molar-refractivity contribution is 7.89. The van der Waals surface area contributed by atoms with Crippen LogP contribution in [-0.4, -0.2) is 29.7 Å². The Morgan fingerprint density at radius 3 is 2.62 bits per heavy atom. The van der Waals surface area contributed by atoms with Gasteiger partial charge in [-0.25, -0.2) is 8.42 Å². The minimum absolute atomic E-state index is 0.173. The Balaban J connectivity index is 2.01. The summed E-state index contributed by atoms with van der Waals surface area (Å²) in [5.74, 6) is -0.334. The Bertz CT molecular complexity index is 795. The summed E-state index contributed by atoms with van der Waals surface area (Å²) in [5, 5.41) is 2.73. The molecule has 0 bridgehead atoms. The van der Waals surface area contributed by atoms with Crippen molar-refractivity contribution >= 4 is 21.6 Å². The van der Waals surface area contributed by atoms with E-state index in [1.165, 1.54) is 16.6 Å².